The van der Waals surface area contributed by atoms with Crippen LogP contribution in [0.15, 0.2) is 47.2 Å². The number of fused-ring (bicyclic) bond motifs is 2. The minimum atomic E-state index is -0.109. The van der Waals surface area contributed by atoms with Crippen molar-refractivity contribution >= 4 is 11.6 Å². The number of nitrogens with zero attached hydrogens (tertiary/aromatic N) is 4. The third-order valence-electron chi connectivity index (χ3n) is 6.04. The average Bonchev–Trinajstić information content (AvgIpc) is 3.16. The number of hydrogen-bond acceptors (Lipinski definition) is 5. The molecule has 30 heavy (non-hydrogen) atoms. The van der Waals surface area contributed by atoms with Gasteiger partial charge in [0, 0.05) is 17.7 Å². The van der Waals surface area contributed by atoms with E-state index >= 15 is 0 Å². The smallest absolute Gasteiger partial charge is 0.270 e. The molecule has 0 aliphatic heterocycles. The number of nitrogens with one attached hydrogen (secondary N) is 1. The summed E-state index contributed by atoms with van der Waals surface area (Å²) in [7, 11) is 0. The molecule has 0 saturated heterocycles. The number of pyridine rings is 1. The summed E-state index contributed by atoms with van der Waals surface area (Å²) in [5, 5.41) is 7.33. The van der Waals surface area contributed by atoms with Gasteiger partial charge in [-0.05, 0) is 61.4 Å². The fourth-order valence-electron chi connectivity index (χ4n) is 4.24. The molecule has 1 aromatic carbocycles. The largest absolute Gasteiger partial charge is 0.344 e. The van der Waals surface area contributed by atoms with E-state index in [0.29, 0.717) is 17.4 Å². The molecule has 6 rings (SSSR count). The van der Waals surface area contributed by atoms with Crippen molar-refractivity contribution in [3.63, 3.8) is 0 Å². The average molecular weight is 399 g/mol. The van der Waals surface area contributed by atoms with Gasteiger partial charge in [0.2, 0.25) is 11.7 Å². The summed E-state index contributed by atoms with van der Waals surface area (Å²) in [4.78, 5) is 21.8. The first-order valence-electron chi connectivity index (χ1n) is 10.4. The zero-order valence-corrected chi connectivity index (χ0v) is 16.6. The Labute approximate surface area is 173 Å². The molecule has 7 heteroatoms. The van der Waals surface area contributed by atoms with Gasteiger partial charge in [-0.3, -0.25) is 9.20 Å². The van der Waals surface area contributed by atoms with E-state index in [1.165, 1.54) is 5.56 Å². The summed E-state index contributed by atoms with van der Waals surface area (Å²) in [5.41, 5.74) is 5.76. The van der Waals surface area contributed by atoms with Crippen LogP contribution < -0.4 is 5.32 Å². The Bertz CT molecular complexity index is 1280. The molecule has 150 valence electrons. The van der Waals surface area contributed by atoms with Crippen molar-refractivity contribution in [1.29, 1.82) is 0 Å². The predicted molar refractivity (Wildman–Crippen MR) is 110 cm³/mol. The van der Waals surface area contributed by atoms with Crippen LogP contribution in [0.25, 0.3) is 17.0 Å². The lowest BCUT2D eigenvalue weighted by molar-refractivity contribution is 0.0931. The second-order valence-corrected chi connectivity index (χ2v) is 8.29. The summed E-state index contributed by atoms with van der Waals surface area (Å²) in [6.07, 6.45) is 7.63. The highest BCUT2D eigenvalue weighted by Gasteiger charge is 2.30. The molecule has 1 amide bonds. The highest BCUT2D eigenvalue weighted by Crippen LogP contribution is 2.40. The number of hydrogen-bond donors (Lipinski definition) is 1. The molecule has 2 aliphatic rings. The van der Waals surface area contributed by atoms with E-state index in [2.05, 4.69) is 32.6 Å². The zero-order valence-electron chi connectivity index (χ0n) is 16.6. The molecule has 3 heterocycles. The van der Waals surface area contributed by atoms with Crippen LogP contribution in [0.2, 0.25) is 0 Å². The topological polar surface area (TPSA) is 85.3 Å². The standard InChI is InChI=1S/C23H21N5O2/c1-13-2-9-20-24-11-19(28(20)12-13)22(29)25-18-8-6-15-10-16(5-7-17(15)18)21-26-23(30-27-21)14-3-4-14/h2,5,7,9-12,14,18H,3-4,6,8H2,1H3,(H,25,29)/t18-/m1/s1. The van der Waals surface area contributed by atoms with Crippen molar-refractivity contribution in [3.05, 3.63) is 71.0 Å². The van der Waals surface area contributed by atoms with Crippen LogP contribution >= 0.6 is 0 Å². The molecule has 0 spiro atoms. The maximum Gasteiger partial charge on any atom is 0.270 e. The van der Waals surface area contributed by atoms with Crippen molar-refractivity contribution in [2.45, 2.75) is 44.6 Å². The SMILES string of the molecule is Cc1ccc2ncc(C(=O)N[C@@H]3CCc4cc(-c5noc(C6CC6)n5)ccc43)n2c1. The first-order valence-corrected chi connectivity index (χ1v) is 10.4. The number of rotatable bonds is 4. The summed E-state index contributed by atoms with van der Waals surface area (Å²) in [5.74, 6) is 1.73. The summed E-state index contributed by atoms with van der Waals surface area (Å²) >= 11 is 0. The third kappa shape index (κ3) is 2.89. The van der Waals surface area contributed by atoms with E-state index in [0.717, 1.165) is 53.9 Å². The molecule has 7 nitrogen and oxygen atoms in total. The minimum absolute atomic E-state index is 0.01000. The van der Waals surface area contributed by atoms with Gasteiger partial charge in [-0.2, -0.15) is 4.98 Å². The molecular formula is C23H21N5O2. The van der Waals surface area contributed by atoms with Crippen LogP contribution in [-0.4, -0.2) is 25.4 Å². The Balaban J connectivity index is 1.24. The van der Waals surface area contributed by atoms with Crippen LogP contribution in [-0.2, 0) is 6.42 Å². The lowest BCUT2D eigenvalue weighted by atomic mass is 10.0. The van der Waals surface area contributed by atoms with Gasteiger partial charge in [0.05, 0.1) is 12.2 Å². The Morgan fingerprint density at radius 1 is 1.20 bits per heavy atom. The van der Waals surface area contributed by atoms with E-state index in [1.54, 1.807) is 6.20 Å². The van der Waals surface area contributed by atoms with Gasteiger partial charge >= 0.3 is 0 Å². The fraction of sp³-hybridized carbons (Fsp3) is 0.304. The molecule has 1 N–H and O–H groups in total. The van der Waals surface area contributed by atoms with Gasteiger partial charge < -0.3 is 9.84 Å². The van der Waals surface area contributed by atoms with Crippen LogP contribution in [0.3, 0.4) is 0 Å². The lowest BCUT2D eigenvalue weighted by Crippen LogP contribution is -2.28. The normalized spacial score (nSPS) is 18.0. The Morgan fingerprint density at radius 3 is 2.97 bits per heavy atom. The molecule has 0 bridgehead atoms. The van der Waals surface area contributed by atoms with Crippen LogP contribution in [0.4, 0.5) is 0 Å². The van der Waals surface area contributed by atoms with Crippen LogP contribution in [0, 0.1) is 6.92 Å². The molecule has 1 fully saturated rings. The molecule has 2 aliphatic carbocycles. The summed E-state index contributed by atoms with van der Waals surface area (Å²) < 4.78 is 7.24. The number of carbonyl (C=O) groups is 1. The number of amides is 1. The van der Waals surface area contributed by atoms with Gasteiger partial charge in [-0.15, -0.1) is 0 Å². The molecular weight excluding hydrogens is 378 g/mol. The van der Waals surface area contributed by atoms with Crippen molar-refractivity contribution in [1.82, 2.24) is 24.8 Å². The van der Waals surface area contributed by atoms with Gasteiger partial charge in [-0.1, -0.05) is 23.4 Å². The van der Waals surface area contributed by atoms with E-state index in [4.69, 9.17) is 4.52 Å². The van der Waals surface area contributed by atoms with E-state index in [1.807, 2.05) is 35.7 Å². The highest BCUT2D eigenvalue weighted by molar-refractivity contribution is 5.93. The van der Waals surface area contributed by atoms with Crippen LogP contribution in [0.1, 0.15) is 64.3 Å². The van der Waals surface area contributed by atoms with Gasteiger partial charge in [0.1, 0.15) is 11.3 Å². The summed E-state index contributed by atoms with van der Waals surface area (Å²) in [6.45, 7) is 2.00. The number of aryl methyl sites for hydroxylation is 2. The maximum atomic E-state index is 13.0. The van der Waals surface area contributed by atoms with Crippen molar-refractivity contribution in [3.8, 4) is 11.4 Å². The van der Waals surface area contributed by atoms with Crippen molar-refractivity contribution in [2.75, 3.05) is 0 Å². The predicted octanol–water partition coefficient (Wildman–Crippen LogP) is 3.99. The monoisotopic (exact) mass is 399 g/mol. The third-order valence-corrected chi connectivity index (χ3v) is 6.04. The molecule has 1 atom stereocenters. The van der Waals surface area contributed by atoms with Crippen LogP contribution in [0.5, 0.6) is 0 Å². The van der Waals surface area contributed by atoms with E-state index in [-0.39, 0.29) is 11.9 Å². The Hall–Kier alpha value is -3.48. The van der Waals surface area contributed by atoms with Crippen molar-refractivity contribution < 1.29 is 9.32 Å². The summed E-state index contributed by atoms with van der Waals surface area (Å²) in [6, 6.07) is 10.1. The quantitative estimate of drug-likeness (QED) is 0.561. The molecule has 0 unspecified atom stereocenters. The fourth-order valence-corrected chi connectivity index (χ4v) is 4.24. The second-order valence-electron chi connectivity index (χ2n) is 8.29. The second kappa shape index (κ2) is 6.52. The first kappa shape index (κ1) is 17.4. The Morgan fingerprint density at radius 2 is 2.10 bits per heavy atom. The number of carbonyl (C=O) groups excluding carboxylic acids is 1. The van der Waals surface area contributed by atoms with Gasteiger partial charge in [0.25, 0.3) is 5.91 Å². The Kier molecular flexibility index (Phi) is 3.78. The van der Waals surface area contributed by atoms with E-state index < -0.39 is 0 Å². The minimum Gasteiger partial charge on any atom is -0.344 e. The van der Waals surface area contributed by atoms with Crippen molar-refractivity contribution in [2.24, 2.45) is 0 Å². The number of benzene rings is 1. The first-order chi connectivity index (χ1) is 14.7. The number of aromatic nitrogens is 4. The van der Waals surface area contributed by atoms with Gasteiger partial charge in [-0.25, -0.2) is 4.98 Å². The zero-order chi connectivity index (χ0) is 20.2. The number of imidazole rings is 1. The molecule has 0 radical (unpaired) electrons. The van der Waals surface area contributed by atoms with E-state index in [9.17, 15) is 4.79 Å². The lowest BCUT2D eigenvalue weighted by Gasteiger charge is -2.14. The maximum absolute atomic E-state index is 13.0. The molecule has 1 saturated carbocycles. The van der Waals surface area contributed by atoms with Gasteiger partial charge in [0.15, 0.2) is 0 Å². The highest BCUT2D eigenvalue weighted by atomic mass is 16.5. The molecule has 3 aromatic heterocycles. The molecule has 4 aromatic rings.